The van der Waals surface area contributed by atoms with Crippen LogP contribution < -0.4 is 10.6 Å². The maximum atomic E-state index is 5.57. The molecule has 2 N–H and O–H groups in total. The van der Waals surface area contributed by atoms with Crippen molar-refractivity contribution in [3.63, 3.8) is 0 Å². The van der Waals surface area contributed by atoms with Gasteiger partial charge in [-0.1, -0.05) is 0 Å². The Balaban J connectivity index is 1.96. The molecule has 1 saturated heterocycles. The van der Waals surface area contributed by atoms with Crippen molar-refractivity contribution in [2.24, 2.45) is 0 Å². The van der Waals surface area contributed by atoms with Crippen molar-refractivity contribution >= 4 is 33.3 Å². The van der Waals surface area contributed by atoms with Crippen LogP contribution in [0.25, 0.3) is 10.2 Å². The fourth-order valence-corrected chi connectivity index (χ4v) is 2.94. The van der Waals surface area contributed by atoms with Crippen LogP contribution in [0.4, 0.5) is 11.8 Å². The van der Waals surface area contributed by atoms with Gasteiger partial charge >= 0.3 is 0 Å². The molecule has 0 aromatic carbocycles. The summed E-state index contributed by atoms with van der Waals surface area (Å²) in [5, 5.41) is 9.61. The van der Waals surface area contributed by atoms with E-state index in [0.717, 1.165) is 29.1 Å². The fourth-order valence-electron chi connectivity index (χ4n) is 2.17. The topological polar surface area (TPSA) is 59.1 Å². The fraction of sp³-hybridized carbons (Fsp3) is 0.500. The summed E-state index contributed by atoms with van der Waals surface area (Å²) >= 11 is 1.63. The van der Waals surface area contributed by atoms with Gasteiger partial charge in [0.25, 0.3) is 0 Å². The lowest BCUT2D eigenvalue weighted by atomic mass is 10.1. The Hall–Kier alpha value is -1.40. The SMILES string of the molecule is CNc1nc(NC2CCOC2C)c2ccsc2n1. The van der Waals surface area contributed by atoms with E-state index in [1.54, 1.807) is 11.3 Å². The number of anilines is 2. The molecule has 1 fully saturated rings. The van der Waals surface area contributed by atoms with E-state index in [9.17, 15) is 0 Å². The first-order valence-electron chi connectivity index (χ1n) is 6.09. The second-order valence-electron chi connectivity index (χ2n) is 4.40. The molecule has 1 aliphatic heterocycles. The predicted octanol–water partition coefficient (Wildman–Crippen LogP) is 2.32. The van der Waals surface area contributed by atoms with E-state index in [4.69, 9.17) is 4.74 Å². The molecule has 96 valence electrons. The molecule has 3 heterocycles. The number of ether oxygens (including phenoxy) is 1. The number of fused-ring (bicyclic) bond motifs is 1. The number of hydrogen-bond acceptors (Lipinski definition) is 6. The Kier molecular flexibility index (Phi) is 3.05. The predicted molar refractivity (Wildman–Crippen MR) is 74.4 cm³/mol. The van der Waals surface area contributed by atoms with Crippen LogP contribution in [0.3, 0.4) is 0 Å². The van der Waals surface area contributed by atoms with Crippen molar-refractivity contribution < 1.29 is 4.74 Å². The van der Waals surface area contributed by atoms with Crippen molar-refractivity contribution in [3.05, 3.63) is 11.4 Å². The number of aromatic nitrogens is 2. The first-order chi connectivity index (χ1) is 8.78. The lowest BCUT2D eigenvalue weighted by Crippen LogP contribution is -2.27. The quantitative estimate of drug-likeness (QED) is 0.891. The molecule has 6 heteroatoms. The molecule has 1 aliphatic rings. The molecule has 0 aliphatic carbocycles. The molecule has 2 aromatic heterocycles. The summed E-state index contributed by atoms with van der Waals surface area (Å²) < 4.78 is 5.57. The Morgan fingerprint density at radius 1 is 1.44 bits per heavy atom. The average molecular weight is 264 g/mol. The largest absolute Gasteiger partial charge is 0.376 e. The highest BCUT2D eigenvalue weighted by atomic mass is 32.1. The van der Waals surface area contributed by atoms with Crippen LogP contribution in [0.15, 0.2) is 11.4 Å². The zero-order chi connectivity index (χ0) is 12.5. The molecule has 2 aromatic rings. The summed E-state index contributed by atoms with van der Waals surface area (Å²) in [5.74, 6) is 1.55. The summed E-state index contributed by atoms with van der Waals surface area (Å²) in [6.45, 7) is 2.91. The maximum absolute atomic E-state index is 5.57. The third kappa shape index (κ3) is 2.02. The van der Waals surface area contributed by atoms with Gasteiger partial charge in [-0.15, -0.1) is 11.3 Å². The summed E-state index contributed by atoms with van der Waals surface area (Å²) in [6, 6.07) is 2.38. The number of nitrogens with zero attached hydrogens (tertiary/aromatic N) is 2. The highest BCUT2D eigenvalue weighted by Crippen LogP contribution is 2.28. The van der Waals surface area contributed by atoms with Gasteiger partial charge in [0, 0.05) is 13.7 Å². The third-order valence-electron chi connectivity index (χ3n) is 3.25. The van der Waals surface area contributed by atoms with Gasteiger partial charge in [0.15, 0.2) is 0 Å². The van der Waals surface area contributed by atoms with E-state index >= 15 is 0 Å². The summed E-state index contributed by atoms with van der Waals surface area (Å²) in [4.78, 5) is 9.94. The average Bonchev–Trinajstić information content (AvgIpc) is 2.98. The van der Waals surface area contributed by atoms with Crippen LogP contribution in [0.2, 0.25) is 0 Å². The van der Waals surface area contributed by atoms with E-state index in [0.29, 0.717) is 12.0 Å². The highest BCUT2D eigenvalue weighted by molar-refractivity contribution is 7.16. The summed E-state index contributed by atoms with van der Waals surface area (Å²) in [7, 11) is 1.83. The van der Waals surface area contributed by atoms with E-state index in [1.165, 1.54) is 0 Å². The first-order valence-corrected chi connectivity index (χ1v) is 6.97. The second kappa shape index (κ2) is 4.70. The van der Waals surface area contributed by atoms with Crippen molar-refractivity contribution in [3.8, 4) is 0 Å². The molecule has 0 amide bonds. The Morgan fingerprint density at radius 2 is 2.33 bits per heavy atom. The first kappa shape index (κ1) is 11.7. The molecule has 0 radical (unpaired) electrons. The van der Waals surface area contributed by atoms with Crippen LogP contribution in [0.5, 0.6) is 0 Å². The molecule has 5 nitrogen and oxygen atoms in total. The zero-order valence-corrected chi connectivity index (χ0v) is 11.3. The molecule has 2 unspecified atom stereocenters. The van der Waals surface area contributed by atoms with Crippen molar-refractivity contribution in [2.45, 2.75) is 25.5 Å². The number of hydrogen-bond donors (Lipinski definition) is 2. The lowest BCUT2D eigenvalue weighted by molar-refractivity contribution is 0.121. The number of nitrogens with one attached hydrogen (secondary N) is 2. The van der Waals surface area contributed by atoms with Crippen molar-refractivity contribution in [1.82, 2.24) is 9.97 Å². The standard InChI is InChI=1S/C12H16N4OS/c1-7-9(3-5-17-7)14-10-8-4-6-18-11(8)16-12(13-2)15-10/h4,6-7,9H,3,5H2,1-2H3,(H2,13,14,15,16). The van der Waals surface area contributed by atoms with Crippen molar-refractivity contribution in [2.75, 3.05) is 24.3 Å². The highest BCUT2D eigenvalue weighted by Gasteiger charge is 2.25. The van der Waals surface area contributed by atoms with Gasteiger partial charge in [0.2, 0.25) is 5.95 Å². The third-order valence-corrected chi connectivity index (χ3v) is 4.05. The van der Waals surface area contributed by atoms with E-state index < -0.39 is 0 Å². The van der Waals surface area contributed by atoms with E-state index in [-0.39, 0.29) is 6.10 Å². The van der Waals surface area contributed by atoms with Crippen LogP contribution in [0.1, 0.15) is 13.3 Å². The van der Waals surface area contributed by atoms with Crippen molar-refractivity contribution in [1.29, 1.82) is 0 Å². The molecule has 0 spiro atoms. The minimum atomic E-state index is 0.228. The maximum Gasteiger partial charge on any atom is 0.225 e. The van der Waals surface area contributed by atoms with E-state index in [2.05, 4.69) is 33.6 Å². The Bertz CT molecular complexity index is 556. The molecule has 18 heavy (non-hydrogen) atoms. The van der Waals surface area contributed by atoms with Crippen LogP contribution in [0, 0.1) is 0 Å². The molecular weight excluding hydrogens is 248 g/mol. The Morgan fingerprint density at radius 3 is 3.06 bits per heavy atom. The molecule has 0 saturated carbocycles. The summed E-state index contributed by atoms with van der Waals surface area (Å²) in [5.41, 5.74) is 0. The Labute approximate surface area is 110 Å². The molecule has 0 bridgehead atoms. The number of thiophene rings is 1. The van der Waals surface area contributed by atoms with Gasteiger partial charge in [0.05, 0.1) is 17.5 Å². The molecular formula is C12H16N4OS. The van der Waals surface area contributed by atoms with Gasteiger partial charge in [-0.2, -0.15) is 4.98 Å². The van der Waals surface area contributed by atoms with Gasteiger partial charge in [-0.3, -0.25) is 0 Å². The van der Waals surface area contributed by atoms with Gasteiger partial charge in [-0.05, 0) is 24.8 Å². The van der Waals surface area contributed by atoms with Gasteiger partial charge < -0.3 is 15.4 Å². The monoisotopic (exact) mass is 264 g/mol. The van der Waals surface area contributed by atoms with Crippen LogP contribution in [-0.2, 0) is 4.74 Å². The molecule has 2 atom stereocenters. The van der Waals surface area contributed by atoms with Gasteiger partial charge in [0.1, 0.15) is 10.6 Å². The number of rotatable bonds is 3. The normalized spacial score (nSPS) is 23.4. The zero-order valence-electron chi connectivity index (χ0n) is 10.4. The molecule has 3 rings (SSSR count). The van der Waals surface area contributed by atoms with Gasteiger partial charge in [-0.25, -0.2) is 4.98 Å². The second-order valence-corrected chi connectivity index (χ2v) is 5.30. The minimum absolute atomic E-state index is 0.228. The smallest absolute Gasteiger partial charge is 0.225 e. The van der Waals surface area contributed by atoms with Crippen LogP contribution >= 0.6 is 11.3 Å². The van der Waals surface area contributed by atoms with E-state index in [1.807, 2.05) is 12.4 Å². The lowest BCUT2D eigenvalue weighted by Gasteiger charge is -2.17. The minimum Gasteiger partial charge on any atom is -0.376 e. The van der Waals surface area contributed by atoms with Crippen LogP contribution in [-0.4, -0.2) is 35.8 Å². The summed E-state index contributed by atoms with van der Waals surface area (Å²) in [6.07, 6.45) is 1.25.